The summed E-state index contributed by atoms with van der Waals surface area (Å²) in [6.45, 7) is 1.88. The number of amides is 1. The zero-order valence-electron chi connectivity index (χ0n) is 8.24. The van der Waals surface area contributed by atoms with Crippen LogP contribution in [0.2, 0.25) is 0 Å². The number of carbonyl (C=O) groups is 2. The normalized spacial score (nSPS) is 10.2. The average Bonchev–Trinajstić information content (AvgIpc) is 2.46. The quantitative estimate of drug-likeness (QED) is 0.630. The van der Waals surface area contributed by atoms with Crippen molar-refractivity contribution in [3.8, 4) is 0 Å². The van der Waals surface area contributed by atoms with Gasteiger partial charge in [0.25, 0.3) is 0 Å². The molecule has 15 heavy (non-hydrogen) atoms. The van der Waals surface area contributed by atoms with Crippen molar-refractivity contribution in [2.75, 3.05) is 6.54 Å². The molecule has 0 aliphatic heterocycles. The van der Waals surface area contributed by atoms with Crippen LogP contribution in [0.4, 0.5) is 0 Å². The van der Waals surface area contributed by atoms with E-state index in [1.54, 1.807) is 6.92 Å². The van der Waals surface area contributed by atoms with Crippen LogP contribution in [0.1, 0.15) is 21.9 Å². The fraction of sp³-hybridized carbons (Fsp3) is 0.333. The third-order valence-corrected chi connectivity index (χ3v) is 1.80. The Bertz CT molecular complexity index is 383. The first kappa shape index (κ1) is 11.3. The maximum atomic E-state index is 10.7. The number of nitrogens with one attached hydrogen (secondary N) is 1. The van der Waals surface area contributed by atoms with E-state index in [0.717, 1.165) is 0 Å². The Kier molecular flexibility index (Phi) is 3.46. The van der Waals surface area contributed by atoms with Crippen LogP contribution < -0.4 is 11.1 Å². The first-order chi connectivity index (χ1) is 7.00. The lowest BCUT2D eigenvalue weighted by molar-refractivity contribution is -0.117. The number of carboxylic acids is 1. The Balaban J connectivity index is 2.59. The average molecular weight is 212 g/mol. The smallest absolute Gasteiger partial charge is 0.339 e. The van der Waals surface area contributed by atoms with Gasteiger partial charge in [-0.05, 0) is 13.0 Å². The second-order valence-corrected chi connectivity index (χ2v) is 3.06. The fourth-order valence-corrected chi connectivity index (χ4v) is 1.15. The maximum Gasteiger partial charge on any atom is 0.339 e. The number of hydrogen-bond acceptors (Lipinski definition) is 4. The van der Waals surface area contributed by atoms with Gasteiger partial charge in [-0.1, -0.05) is 0 Å². The van der Waals surface area contributed by atoms with Crippen LogP contribution in [0, 0.1) is 6.92 Å². The number of aromatic carboxylic acids is 1. The van der Waals surface area contributed by atoms with Crippen molar-refractivity contribution in [2.24, 2.45) is 5.73 Å². The van der Waals surface area contributed by atoms with Gasteiger partial charge < -0.3 is 20.6 Å². The van der Waals surface area contributed by atoms with Gasteiger partial charge in [-0.15, -0.1) is 0 Å². The molecule has 0 aliphatic carbocycles. The minimum atomic E-state index is -1.03. The molecule has 0 radical (unpaired) electrons. The van der Waals surface area contributed by atoms with Crippen LogP contribution in [0.25, 0.3) is 0 Å². The maximum absolute atomic E-state index is 10.7. The molecule has 1 aromatic rings. The van der Waals surface area contributed by atoms with Gasteiger partial charge in [0.05, 0.1) is 13.1 Å². The summed E-state index contributed by atoms with van der Waals surface area (Å²) < 4.78 is 5.16. The van der Waals surface area contributed by atoms with Gasteiger partial charge in [0.2, 0.25) is 5.91 Å². The molecule has 0 bridgehead atoms. The van der Waals surface area contributed by atoms with Crippen LogP contribution in [0.5, 0.6) is 0 Å². The van der Waals surface area contributed by atoms with Gasteiger partial charge in [-0.2, -0.15) is 0 Å². The molecule has 1 aromatic heterocycles. The molecule has 6 nitrogen and oxygen atoms in total. The molecule has 0 aliphatic rings. The monoisotopic (exact) mass is 212 g/mol. The van der Waals surface area contributed by atoms with E-state index in [1.165, 1.54) is 6.07 Å². The SMILES string of the molecule is Cc1oc(CNCC(N)=O)cc1C(=O)O. The molecule has 0 aromatic carbocycles. The summed E-state index contributed by atoms with van der Waals surface area (Å²) in [5.74, 6) is -0.696. The first-order valence-corrected chi connectivity index (χ1v) is 4.32. The minimum absolute atomic E-state index is 0.0299. The molecule has 0 atom stereocenters. The van der Waals surface area contributed by atoms with Gasteiger partial charge in [0.1, 0.15) is 17.1 Å². The Labute approximate surface area is 86.1 Å². The highest BCUT2D eigenvalue weighted by molar-refractivity contribution is 5.88. The molecule has 6 heteroatoms. The van der Waals surface area contributed by atoms with Crippen molar-refractivity contribution < 1.29 is 19.1 Å². The molecule has 0 unspecified atom stereocenters. The predicted octanol–water partition coefficient (Wildman–Crippen LogP) is -0.139. The molecular weight excluding hydrogens is 200 g/mol. The molecule has 1 rings (SSSR count). The van der Waals surface area contributed by atoms with E-state index in [2.05, 4.69) is 5.32 Å². The Morgan fingerprint density at radius 1 is 1.60 bits per heavy atom. The van der Waals surface area contributed by atoms with Crippen molar-refractivity contribution in [1.29, 1.82) is 0 Å². The van der Waals surface area contributed by atoms with Crippen molar-refractivity contribution in [3.05, 3.63) is 23.2 Å². The highest BCUT2D eigenvalue weighted by atomic mass is 16.4. The van der Waals surface area contributed by atoms with Crippen LogP contribution in [0.15, 0.2) is 10.5 Å². The highest BCUT2D eigenvalue weighted by Gasteiger charge is 2.13. The fourth-order valence-electron chi connectivity index (χ4n) is 1.15. The van der Waals surface area contributed by atoms with E-state index in [1.807, 2.05) is 0 Å². The number of rotatable bonds is 5. The highest BCUT2D eigenvalue weighted by Crippen LogP contribution is 2.14. The second kappa shape index (κ2) is 4.61. The van der Waals surface area contributed by atoms with E-state index < -0.39 is 11.9 Å². The van der Waals surface area contributed by atoms with E-state index in [4.69, 9.17) is 15.3 Å². The number of nitrogens with two attached hydrogens (primary N) is 1. The lowest BCUT2D eigenvalue weighted by atomic mass is 10.2. The topological polar surface area (TPSA) is 106 Å². The summed E-state index contributed by atoms with van der Waals surface area (Å²) in [6.07, 6.45) is 0. The molecule has 82 valence electrons. The van der Waals surface area contributed by atoms with Crippen LogP contribution >= 0.6 is 0 Å². The third kappa shape index (κ3) is 3.10. The summed E-state index contributed by atoms with van der Waals surface area (Å²) in [4.78, 5) is 21.1. The Morgan fingerprint density at radius 3 is 2.73 bits per heavy atom. The summed E-state index contributed by atoms with van der Waals surface area (Å²) in [5, 5.41) is 11.5. The Morgan fingerprint density at radius 2 is 2.27 bits per heavy atom. The van der Waals surface area contributed by atoms with E-state index in [-0.39, 0.29) is 18.7 Å². The van der Waals surface area contributed by atoms with Crippen LogP contribution in [0.3, 0.4) is 0 Å². The number of hydrogen-bond donors (Lipinski definition) is 3. The standard InChI is InChI=1S/C9H12N2O4/c1-5-7(9(13)14)2-6(15-5)3-11-4-8(10)12/h2,11H,3-4H2,1H3,(H2,10,12)(H,13,14). The number of carboxylic acid groups (broad SMARTS) is 1. The van der Waals surface area contributed by atoms with Gasteiger partial charge in [0, 0.05) is 0 Å². The van der Waals surface area contributed by atoms with Gasteiger partial charge >= 0.3 is 5.97 Å². The molecule has 0 saturated heterocycles. The van der Waals surface area contributed by atoms with E-state index in [0.29, 0.717) is 11.5 Å². The predicted molar refractivity (Wildman–Crippen MR) is 51.3 cm³/mol. The lowest BCUT2D eigenvalue weighted by Crippen LogP contribution is -2.27. The number of furan rings is 1. The summed E-state index contributed by atoms with van der Waals surface area (Å²) in [6, 6.07) is 1.42. The molecule has 0 spiro atoms. The first-order valence-electron chi connectivity index (χ1n) is 4.32. The van der Waals surface area contributed by atoms with E-state index in [9.17, 15) is 9.59 Å². The van der Waals surface area contributed by atoms with Crippen molar-refractivity contribution in [1.82, 2.24) is 5.32 Å². The van der Waals surface area contributed by atoms with Gasteiger partial charge in [-0.25, -0.2) is 4.79 Å². The molecule has 1 amide bonds. The molecule has 0 fully saturated rings. The summed E-state index contributed by atoms with van der Waals surface area (Å²) in [5.41, 5.74) is 5.04. The van der Waals surface area contributed by atoms with Crippen molar-refractivity contribution >= 4 is 11.9 Å². The lowest BCUT2D eigenvalue weighted by Gasteiger charge is -1.97. The zero-order chi connectivity index (χ0) is 11.4. The number of aryl methyl sites for hydroxylation is 1. The van der Waals surface area contributed by atoms with Crippen LogP contribution in [-0.4, -0.2) is 23.5 Å². The summed E-state index contributed by atoms with van der Waals surface area (Å²) >= 11 is 0. The van der Waals surface area contributed by atoms with Crippen LogP contribution in [-0.2, 0) is 11.3 Å². The number of carbonyl (C=O) groups excluding carboxylic acids is 1. The second-order valence-electron chi connectivity index (χ2n) is 3.06. The third-order valence-electron chi connectivity index (χ3n) is 1.80. The van der Waals surface area contributed by atoms with Crippen molar-refractivity contribution in [2.45, 2.75) is 13.5 Å². The van der Waals surface area contributed by atoms with Crippen molar-refractivity contribution in [3.63, 3.8) is 0 Å². The molecule has 4 N–H and O–H groups in total. The van der Waals surface area contributed by atoms with E-state index >= 15 is 0 Å². The number of primary amides is 1. The molecular formula is C9H12N2O4. The minimum Gasteiger partial charge on any atom is -0.478 e. The largest absolute Gasteiger partial charge is 0.478 e. The van der Waals surface area contributed by atoms with Gasteiger partial charge in [-0.3, -0.25) is 4.79 Å². The summed E-state index contributed by atoms with van der Waals surface area (Å²) in [7, 11) is 0. The van der Waals surface area contributed by atoms with Gasteiger partial charge in [0.15, 0.2) is 0 Å². The zero-order valence-corrected chi connectivity index (χ0v) is 8.24. The Hall–Kier alpha value is -1.82. The molecule has 0 saturated carbocycles. The molecule has 1 heterocycles.